The molecule has 1 aromatic rings. The predicted octanol–water partition coefficient (Wildman–Crippen LogP) is 2.32. The van der Waals surface area contributed by atoms with Crippen LogP contribution in [0.25, 0.3) is 0 Å². The minimum atomic E-state index is -0.113. The SMILES string of the molecule is C#Cc1cccc(OC(C)S)c1. The van der Waals surface area contributed by atoms with Gasteiger partial charge in [0.05, 0.1) is 0 Å². The van der Waals surface area contributed by atoms with Gasteiger partial charge in [0, 0.05) is 5.56 Å². The zero-order valence-electron chi connectivity index (χ0n) is 6.82. The molecule has 0 aliphatic heterocycles. The smallest absolute Gasteiger partial charge is 0.138 e. The highest BCUT2D eigenvalue weighted by Crippen LogP contribution is 2.14. The maximum Gasteiger partial charge on any atom is 0.138 e. The third-order valence-electron chi connectivity index (χ3n) is 1.31. The Bertz CT molecular complexity index is 299. The van der Waals surface area contributed by atoms with Gasteiger partial charge in [-0.3, -0.25) is 0 Å². The normalized spacial score (nSPS) is 11.8. The molecule has 0 saturated heterocycles. The highest BCUT2D eigenvalue weighted by atomic mass is 32.1. The minimum Gasteiger partial charge on any atom is -0.480 e. The number of hydrogen-bond donors (Lipinski definition) is 1. The summed E-state index contributed by atoms with van der Waals surface area (Å²) in [7, 11) is 0. The lowest BCUT2D eigenvalue weighted by Crippen LogP contribution is -2.02. The number of benzene rings is 1. The Morgan fingerprint density at radius 1 is 1.58 bits per heavy atom. The van der Waals surface area contributed by atoms with Crippen LogP contribution in [0.5, 0.6) is 5.75 Å². The molecule has 0 aromatic heterocycles. The lowest BCUT2D eigenvalue weighted by atomic mass is 10.2. The van der Waals surface area contributed by atoms with Crippen molar-refractivity contribution in [2.45, 2.75) is 12.4 Å². The van der Waals surface area contributed by atoms with Crippen LogP contribution in [0.15, 0.2) is 24.3 Å². The summed E-state index contributed by atoms with van der Waals surface area (Å²) in [6.07, 6.45) is 5.22. The fraction of sp³-hybridized carbons (Fsp3) is 0.200. The molecule has 62 valence electrons. The molecule has 0 aliphatic carbocycles. The van der Waals surface area contributed by atoms with Crippen LogP contribution in [0.4, 0.5) is 0 Å². The van der Waals surface area contributed by atoms with Crippen LogP contribution in [0, 0.1) is 12.3 Å². The zero-order chi connectivity index (χ0) is 8.97. The number of rotatable bonds is 2. The molecule has 0 spiro atoms. The largest absolute Gasteiger partial charge is 0.480 e. The molecule has 0 radical (unpaired) electrons. The topological polar surface area (TPSA) is 9.23 Å². The van der Waals surface area contributed by atoms with Crippen molar-refractivity contribution in [3.8, 4) is 18.1 Å². The second-order valence-electron chi connectivity index (χ2n) is 2.39. The molecule has 0 aliphatic rings. The van der Waals surface area contributed by atoms with Crippen molar-refractivity contribution >= 4 is 12.6 Å². The van der Waals surface area contributed by atoms with Crippen LogP contribution < -0.4 is 4.74 Å². The summed E-state index contributed by atoms with van der Waals surface area (Å²) in [5.41, 5.74) is 0.708. The van der Waals surface area contributed by atoms with E-state index in [1.54, 1.807) is 0 Å². The number of thiol groups is 1. The van der Waals surface area contributed by atoms with E-state index in [2.05, 4.69) is 18.5 Å². The molecule has 0 amide bonds. The van der Waals surface area contributed by atoms with Crippen LogP contribution in [-0.4, -0.2) is 5.44 Å². The summed E-state index contributed by atoms with van der Waals surface area (Å²) in [5, 5.41) is 0. The van der Waals surface area contributed by atoms with Crippen LogP contribution in [0.1, 0.15) is 12.5 Å². The third-order valence-corrected chi connectivity index (χ3v) is 1.41. The summed E-state index contributed by atoms with van der Waals surface area (Å²) in [4.78, 5) is 0. The molecule has 0 heterocycles. The molecule has 0 bridgehead atoms. The summed E-state index contributed by atoms with van der Waals surface area (Å²) in [6, 6.07) is 7.39. The fourth-order valence-electron chi connectivity index (χ4n) is 0.856. The Morgan fingerprint density at radius 3 is 2.92 bits per heavy atom. The van der Waals surface area contributed by atoms with Crippen LogP contribution in [0.2, 0.25) is 0 Å². The van der Waals surface area contributed by atoms with Gasteiger partial charge in [0.25, 0.3) is 0 Å². The average molecular weight is 178 g/mol. The summed E-state index contributed by atoms with van der Waals surface area (Å²) < 4.78 is 5.33. The molecule has 0 saturated carbocycles. The van der Waals surface area contributed by atoms with E-state index in [1.807, 2.05) is 31.2 Å². The van der Waals surface area contributed by atoms with Gasteiger partial charge in [-0.25, -0.2) is 0 Å². The van der Waals surface area contributed by atoms with Crippen molar-refractivity contribution in [1.29, 1.82) is 0 Å². The number of ether oxygens (including phenoxy) is 1. The van der Waals surface area contributed by atoms with Gasteiger partial charge in [-0.1, -0.05) is 12.0 Å². The quantitative estimate of drug-likeness (QED) is 0.415. The van der Waals surface area contributed by atoms with Gasteiger partial charge in [0.1, 0.15) is 11.2 Å². The molecule has 2 heteroatoms. The molecular formula is C10H10OS. The first-order valence-corrected chi connectivity index (χ1v) is 4.15. The Labute approximate surface area is 78.2 Å². The van der Waals surface area contributed by atoms with Gasteiger partial charge in [-0.2, -0.15) is 0 Å². The summed E-state index contributed by atoms with van der Waals surface area (Å²) in [6.45, 7) is 1.85. The van der Waals surface area contributed by atoms with Crippen molar-refractivity contribution in [1.82, 2.24) is 0 Å². The molecule has 1 aromatic carbocycles. The van der Waals surface area contributed by atoms with Gasteiger partial charge in [-0.15, -0.1) is 19.1 Å². The van der Waals surface area contributed by atoms with E-state index in [0.717, 1.165) is 11.3 Å². The number of terminal acetylenes is 1. The fourth-order valence-corrected chi connectivity index (χ4v) is 0.978. The molecule has 1 rings (SSSR count). The van der Waals surface area contributed by atoms with Gasteiger partial charge >= 0.3 is 0 Å². The highest BCUT2D eigenvalue weighted by molar-refractivity contribution is 7.80. The van der Waals surface area contributed by atoms with E-state index in [1.165, 1.54) is 0 Å². The van der Waals surface area contributed by atoms with E-state index in [0.29, 0.717) is 0 Å². The van der Waals surface area contributed by atoms with Crippen molar-refractivity contribution in [2.75, 3.05) is 0 Å². The van der Waals surface area contributed by atoms with E-state index < -0.39 is 0 Å². The van der Waals surface area contributed by atoms with Gasteiger partial charge < -0.3 is 4.74 Å². The second kappa shape index (κ2) is 4.08. The lowest BCUT2D eigenvalue weighted by molar-refractivity contribution is 0.310. The van der Waals surface area contributed by atoms with Gasteiger partial charge in [0.2, 0.25) is 0 Å². The van der Waals surface area contributed by atoms with Crippen LogP contribution in [-0.2, 0) is 0 Å². The van der Waals surface area contributed by atoms with Crippen molar-refractivity contribution in [2.24, 2.45) is 0 Å². The summed E-state index contributed by atoms with van der Waals surface area (Å²) in [5.74, 6) is 3.29. The van der Waals surface area contributed by atoms with Crippen LogP contribution in [0.3, 0.4) is 0 Å². The predicted molar refractivity (Wildman–Crippen MR) is 53.5 cm³/mol. The second-order valence-corrected chi connectivity index (χ2v) is 3.12. The maximum atomic E-state index is 5.33. The Balaban J connectivity index is 2.81. The zero-order valence-corrected chi connectivity index (χ0v) is 7.71. The van der Waals surface area contributed by atoms with Crippen molar-refractivity contribution in [3.05, 3.63) is 29.8 Å². The Hall–Kier alpha value is -1.07. The maximum absolute atomic E-state index is 5.33. The van der Waals surface area contributed by atoms with Crippen molar-refractivity contribution in [3.63, 3.8) is 0 Å². The molecule has 0 fully saturated rings. The molecule has 0 N–H and O–H groups in total. The number of hydrogen-bond acceptors (Lipinski definition) is 2. The monoisotopic (exact) mass is 178 g/mol. The minimum absolute atomic E-state index is 0.113. The standard InChI is InChI=1S/C10H10OS/c1-3-9-5-4-6-10(7-9)11-8(2)12/h1,4-8,12H,2H3. The molecule has 12 heavy (non-hydrogen) atoms. The highest BCUT2D eigenvalue weighted by Gasteiger charge is 1.97. The van der Waals surface area contributed by atoms with Gasteiger partial charge in [0.15, 0.2) is 0 Å². The lowest BCUT2D eigenvalue weighted by Gasteiger charge is -2.08. The van der Waals surface area contributed by atoms with Gasteiger partial charge in [-0.05, 0) is 25.1 Å². The summed E-state index contributed by atoms with van der Waals surface area (Å²) >= 11 is 4.10. The first-order chi connectivity index (χ1) is 5.72. The van der Waals surface area contributed by atoms with E-state index in [4.69, 9.17) is 11.2 Å². The Kier molecular flexibility index (Phi) is 3.07. The molecular weight excluding hydrogens is 168 g/mol. The first-order valence-electron chi connectivity index (χ1n) is 3.64. The van der Waals surface area contributed by atoms with Crippen LogP contribution >= 0.6 is 12.6 Å². The Morgan fingerprint density at radius 2 is 2.33 bits per heavy atom. The van der Waals surface area contributed by atoms with Crippen molar-refractivity contribution < 1.29 is 4.74 Å². The van der Waals surface area contributed by atoms with E-state index in [9.17, 15) is 0 Å². The van der Waals surface area contributed by atoms with E-state index >= 15 is 0 Å². The first kappa shape index (κ1) is 9.02. The van der Waals surface area contributed by atoms with E-state index in [-0.39, 0.29) is 5.44 Å². The molecule has 1 nitrogen and oxygen atoms in total. The third kappa shape index (κ3) is 2.52. The molecule has 1 unspecified atom stereocenters. The molecule has 1 atom stereocenters. The average Bonchev–Trinajstić information content (AvgIpc) is 2.03.